The van der Waals surface area contributed by atoms with E-state index < -0.39 is 0 Å². The molecule has 94 valence electrons. The van der Waals surface area contributed by atoms with Gasteiger partial charge in [0.2, 0.25) is 5.95 Å². The molecule has 0 atom stereocenters. The Hall–Kier alpha value is -2.29. The lowest BCUT2D eigenvalue weighted by atomic mass is 9.96. The van der Waals surface area contributed by atoms with Gasteiger partial charge in [-0.3, -0.25) is 5.43 Å². The maximum Gasteiger partial charge on any atom is 0.323 e. The van der Waals surface area contributed by atoms with Crippen molar-refractivity contribution in [2.75, 3.05) is 5.43 Å². The first-order chi connectivity index (χ1) is 8.85. The molecule has 0 radical (unpaired) electrons. The van der Waals surface area contributed by atoms with Crippen LogP contribution in [0.15, 0.2) is 12.7 Å². The van der Waals surface area contributed by atoms with E-state index in [0.717, 1.165) is 12.8 Å². The molecule has 3 rings (SSSR count). The topological polar surface area (TPSA) is 117 Å². The van der Waals surface area contributed by atoms with Gasteiger partial charge in [0, 0.05) is 0 Å². The second-order valence-electron chi connectivity index (χ2n) is 3.90. The van der Waals surface area contributed by atoms with Gasteiger partial charge in [-0.15, -0.1) is 0 Å². The number of nitrogens with two attached hydrogens (primary N) is 1. The molecule has 1 fully saturated rings. The summed E-state index contributed by atoms with van der Waals surface area (Å²) in [6.07, 6.45) is 6.29. The average molecular weight is 248 g/mol. The van der Waals surface area contributed by atoms with Crippen molar-refractivity contribution in [3.05, 3.63) is 12.7 Å². The van der Waals surface area contributed by atoms with Crippen molar-refractivity contribution in [2.45, 2.75) is 25.4 Å². The monoisotopic (exact) mass is 248 g/mol. The van der Waals surface area contributed by atoms with Crippen LogP contribution >= 0.6 is 0 Å². The Balaban J connectivity index is 1.90. The van der Waals surface area contributed by atoms with Crippen LogP contribution in [0.2, 0.25) is 0 Å². The molecule has 1 aliphatic carbocycles. The van der Waals surface area contributed by atoms with Crippen molar-refractivity contribution in [1.82, 2.24) is 29.7 Å². The normalized spacial score (nSPS) is 15.2. The lowest BCUT2D eigenvalue weighted by Gasteiger charge is -2.25. The minimum absolute atomic E-state index is 0.182. The van der Waals surface area contributed by atoms with E-state index in [4.69, 9.17) is 10.6 Å². The molecule has 1 aliphatic rings. The third-order valence-electron chi connectivity index (χ3n) is 2.68. The number of nitrogens with zero attached hydrogens (tertiary/aromatic N) is 6. The summed E-state index contributed by atoms with van der Waals surface area (Å²) in [7, 11) is 0. The zero-order valence-corrected chi connectivity index (χ0v) is 9.52. The van der Waals surface area contributed by atoms with Gasteiger partial charge in [0.1, 0.15) is 18.8 Å². The van der Waals surface area contributed by atoms with Gasteiger partial charge in [0.25, 0.3) is 5.95 Å². The highest BCUT2D eigenvalue weighted by molar-refractivity contribution is 5.28. The van der Waals surface area contributed by atoms with Gasteiger partial charge in [0.15, 0.2) is 0 Å². The van der Waals surface area contributed by atoms with Crippen LogP contribution < -0.4 is 16.0 Å². The molecule has 2 aromatic rings. The number of nitrogen functional groups attached to an aromatic ring is 1. The summed E-state index contributed by atoms with van der Waals surface area (Å²) in [5.41, 5.74) is 2.38. The third-order valence-corrected chi connectivity index (χ3v) is 2.68. The van der Waals surface area contributed by atoms with Gasteiger partial charge in [-0.05, 0) is 19.3 Å². The quantitative estimate of drug-likeness (QED) is 0.558. The predicted molar refractivity (Wildman–Crippen MR) is 60.8 cm³/mol. The largest absolute Gasteiger partial charge is 0.460 e. The van der Waals surface area contributed by atoms with E-state index in [1.807, 2.05) is 0 Å². The number of hydrogen-bond acceptors (Lipinski definition) is 8. The van der Waals surface area contributed by atoms with E-state index >= 15 is 0 Å². The van der Waals surface area contributed by atoms with Crippen LogP contribution in [-0.2, 0) is 0 Å². The molecular formula is C9H12N8O. The van der Waals surface area contributed by atoms with E-state index in [-0.39, 0.29) is 18.1 Å². The summed E-state index contributed by atoms with van der Waals surface area (Å²) in [5.74, 6) is 5.85. The summed E-state index contributed by atoms with van der Waals surface area (Å²) >= 11 is 0. The minimum atomic E-state index is 0.182. The highest BCUT2D eigenvalue weighted by Gasteiger charge is 2.21. The fraction of sp³-hybridized carbons (Fsp3) is 0.444. The van der Waals surface area contributed by atoms with Crippen molar-refractivity contribution < 1.29 is 4.74 Å². The molecule has 3 N–H and O–H groups in total. The van der Waals surface area contributed by atoms with E-state index in [1.54, 1.807) is 0 Å². The highest BCUT2D eigenvalue weighted by Crippen LogP contribution is 2.23. The molecule has 0 amide bonds. The summed E-state index contributed by atoms with van der Waals surface area (Å²) in [4.78, 5) is 16.1. The van der Waals surface area contributed by atoms with Crippen molar-refractivity contribution >= 4 is 5.95 Å². The molecular weight excluding hydrogens is 236 g/mol. The average Bonchev–Trinajstić information content (AvgIpc) is 2.87. The van der Waals surface area contributed by atoms with Crippen LogP contribution in [0.3, 0.4) is 0 Å². The smallest absolute Gasteiger partial charge is 0.323 e. The minimum Gasteiger partial charge on any atom is -0.460 e. The van der Waals surface area contributed by atoms with Crippen LogP contribution in [-0.4, -0.2) is 35.8 Å². The first-order valence-electron chi connectivity index (χ1n) is 5.59. The Bertz CT molecular complexity index is 523. The third kappa shape index (κ3) is 2.07. The van der Waals surface area contributed by atoms with Crippen LogP contribution in [0.4, 0.5) is 5.95 Å². The number of aromatic nitrogens is 6. The molecule has 9 nitrogen and oxygen atoms in total. The lowest BCUT2D eigenvalue weighted by molar-refractivity contribution is 0.108. The summed E-state index contributed by atoms with van der Waals surface area (Å²) in [5, 5.41) is 3.94. The number of hydrazine groups is 1. The van der Waals surface area contributed by atoms with E-state index in [1.165, 1.54) is 23.8 Å². The summed E-state index contributed by atoms with van der Waals surface area (Å²) in [6.45, 7) is 0. The van der Waals surface area contributed by atoms with Crippen molar-refractivity contribution in [3.8, 4) is 12.0 Å². The number of nitrogens with one attached hydrogen (secondary N) is 1. The van der Waals surface area contributed by atoms with E-state index in [2.05, 4.69) is 30.5 Å². The van der Waals surface area contributed by atoms with Gasteiger partial charge in [-0.1, -0.05) is 0 Å². The molecule has 0 bridgehead atoms. The zero-order valence-electron chi connectivity index (χ0n) is 9.52. The fourth-order valence-electron chi connectivity index (χ4n) is 1.51. The second-order valence-corrected chi connectivity index (χ2v) is 3.90. The summed E-state index contributed by atoms with van der Waals surface area (Å²) < 4.78 is 7.03. The fourth-order valence-corrected chi connectivity index (χ4v) is 1.51. The number of ether oxygens (including phenoxy) is 1. The van der Waals surface area contributed by atoms with Crippen LogP contribution in [0.25, 0.3) is 5.95 Å². The Kier molecular flexibility index (Phi) is 2.73. The molecule has 0 saturated heterocycles. The molecule has 2 aromatic heterocycles. The number of rotatable bonds is 4. The second kappa shape index (κ2) is 4.53. The molecule has 0 spiro atoms. The van der Waals surface area contributed by atoms with Crippen molar-refractivity contribution in [2.24, 2.45) is 5.84 Å². The zero-order chi connectivity index (χ0) is 12.4. The molecule has 0 unspecified atom stereocenters. The molecule has 0 aliphatic heterocycles. The molecule has 18 heavy (non-hydrogen) atoms. The lowest BCUT2D eigenvalue weighted by Crippen LogP contribution is -2.26. The van der Waals surface area contributed by atoms with Crippen LogP contribution in [0, 0.1) is 0 Å². The SMILES string of the molecule is NNc1nc(OC2CCC2)nc(-n2cncn2)n1. The van der Waals surface area contributed by atoms with Gasteiger partial charge < -0.3 is 4.74 Å². The van der Waals surface area contributed by atoms with E-state index in [9.17, 15) is 0 Å². The van der Waals surface area contributed by atoms with Crippen LogP contribution in [0.1, 0.15) is 19.3 Å². The molecule has 9 heteroatoms. The first-order valence-corrected chi connectivity index (χ1v) is 5.59. The maximum absolute atomic E-state index is 5.61. The van der Waals surface area contributed by atoms with Gasteiger partial charge in [0.05, 0.1) is 0 Å². The Morgan fingerprint density at radius 1 is 1.33 bits per heavy atom. The van der Waals surface area contributed by atoms with Gasteiger partial charge in [-0.25, -0.2) is 10.8 Å². The summed E-state index contributed by atoms with van der Waals surface area (Å²) in [6, 6.07) is 0.244. The Morgan fingerprint density at radius 2 is 2.22 bits per heavy atom. The van der Waals surface area contributed by atoms with Gasteiger partial charge >= 0.3 is 6.01 Å². The highest BCUT2D eigenvalue weighted by atomic mass is 16.5. The Morgan fingerprint density at radius 3 is 2.83 bits per heavy atom. The van der Waals surface area contributed by atoms with Crippen molar-refractivity contribution in [1.29, 1.82) is 0 Å². The number of hydrogen-bond donors (Lipinski definition) is 2. The van der Waals surface area contributed by atoms with Crippen molar-refractivity contribution in [3.63, 3.8) is 0 Å². The maximum atomic E-state index is 5.61. The van der Waals surface area contributed by atoms with Crippen LogP contribution in [0.5, 0.6) is 6.01 Å². The first kappa shape index (κ1) is 10.8. The molecule has 2 heterocycles. The molecule has 1 saturated carbocycles. The predicted octanol–water partition coefficient (Wildman–Crippen LogP) is -0.331. The molecule has 0 aromatic carbocycles. The van der Waals surface area contributed by atoms with Gasteiger partial charge in [-0.2, -0.15) is 24.7 Å². The standard InChI is InChI=1S/C9H12N8O/c10-16-7-13-8(17-5-11-4-12-17)15-9(14-7)18-6-2-1-3-6/h4-6H,1-3,10H2,(H,13,14,15,16). The van der Waals surface area contributed by atoms with E-state index in [0.29, 0.717) is 5.95 Å². The Labute approximate surface area is 102 Å². The number of anilines is 1.